The maximum Gasteiger partial charge on any atom is 0.127 e. The lowest BCUT2D eigenvalue weighted by Gasteiger charge is -2.15. The molecular formula is C16H17F2N. The van der Waals surface area contributed by atoms with Gasteiger partial charge in [-0.25, -0.2) is 8.78 Å². The molecule has 19 heavy (non-hydrogen) atoms. The Bertz CT molecular complexity index is 566. The summed E-state index contributed by atoms with van der Waals surface area (Å²) < 4.78 is 26.9. The molecule has 0 fully saturated rings. The third kappa shape index (κ3) is 3.38. The van der Waals surface area contributed by atoms with Crippen molar-refractivity contribution < 1.29 is 8.78 Å². The van der Waals surface area contributed by atoms with Gasteiger partial charge in [-0.2, -0.15) is 0 Å². The number of halogens is 2. The van der Waals surface area contributed by atoms with Crippen LogP contribution in [0.15, 0.2) is 42.5 Å². The fraction of sp³-hybridized carbons (Fsp3) is 0.250. The van der Waals surface area contributed by atoms with E-state index in [-0.39, 0.29) is 17.7 Å². The van der Waals surface area contributed by atoms with Crippen molar-refractivity contribution in [3.63, 3.8) is 0 Å². The molecule has 3 heteroatoms. The fourth-order valence-electron chi connectivity index (χ4n) is 1.90. The molecule has 0 aliphatic heterocycles. The van der Waals surface area contributed by atoms with Crippen molar-refractivity contribution >= 4 is 0 Å². The monoisotopic (exact) mass is 261 g/mol. The Hall–Kier alpha value is -1.74. The number of rotatable bonds is 4. The van der Waals surface area contributed by atoms with Crippen LogP contribution in [0.1, 0.15) is 29.7 Å². The first kappa shape index (κ1) is 13.7. The topological polar surface area (TPSA) is 12.0 Å². The SMILES string of the molecule is Cc1ccc(C(C)NCc2ccccc2F)cc1F. The smallest absolute Gasteiger partial charge is 0.127 e. The highest BCUT2D eigenvalue weighted by Gasteiger charge is 2.08. The van der Waals surface area contributed by atoms with Gasteiger partial charge in [0.15, 0.2) is 0 Å². The van der Waals surface area contributed by atoms with Crippen molar-refractivity contribution in [2.75, 3.05) is 0 Å². The highest BCUT2D eigenvalue weighted by atomic mass is 19.1. The molecule has 1 unspecified atom stereocenters. The summed E-state index contributed by atoms with van der Waals surface area (Å²) in [5, 5.41) is 3.20. The van der Waals surface area contributed by atoms with Gasteiger partial charge in [-0.1, -0.05) is 30.3 Å². The Labute approximate surface area is 112 Å². The lowest BCUT2D eigenvalue weighted by Crippen LogP contribution is -2.19. The Kier molecular flexibility index (Phi) is 4.27. The molecule has 2 aromatic rings. The predicted molar refractivity (Wildman–Crippen MR) is 72.8 cm³/mol. The zero-order valence-corrected chi connectivity index (χ0v) is 11.1. The van der Waals surface area contributed by atoms with E-state index in [1.165, 1.54) is 12.1 Å². The minimum atomic E-state index is -0.225. The zero-order valence-electron chi connectivity index (χ0n) is 11.1. The van der Waals surface area contributed by atoms with Gasteiger partial charge in [-0.3, -0.25) is 0 Å². The summed E-state index contributed by atoms with van der Waals surface area (Å²) in [4.78, 5) is 0. The number of hydrogen-bond acceptors (Lipinski definition) is 1. The van der Waals surface area contributed by atoms with Gasteiger partial charge in [0.2, 0.25) is 0 Å². The standard InChI is InChI=1S/C16H17F2N/c1-11-7-8-13(9-16(11)18)12(2)19-10-14-5-3-4-6-15(14)17/h3-9,12,19H,10H2,1-2H3. The first-order valence-corrected chi connectivity index (χ1v) is 6.31. The first-order chi connectivity index (χ1) is 9.08. The summed E-state index contributed by atoms with van der Waals surface area (Å²) in [7, 11) is 0. The quantitative estimate of drug-likeness (QED) is 0.872. The van der Waals surface area contributed by atoms with Crippen LogP contribution in [-0.4, -0.2) is 0 Å². The van der Waals surface area contributed by atoms with Crippen molar-refractivity contribution in [2.24, 2.45) is 0 Å². The van der Waals surface area contributed by atoms with Crippen molar-refractivity contribution in [3.8, 4) is 0 Å². The molecule has 0 radical (unpaired) electrons. The molecule has 0 heterocycles. The van der Waals surface area contributed by atoms with Gasteiger partial charge < -0.3 is 5.32 Å². The molecule has 0 aliphatic carbocycles. The van der Waals surface area contributed by atoms with Gasteiger partial charge in [0.1, 0.15) is 11.6 Å². The van der Waals surface area contributed by atoms with Gasteiger partial charge >= 0.3 is 0 Å². The fourth-order valence-corrected chi connectivity index (χ4v) is 1.90. The Morgan fingerprint density at radius 1 is 1.05 bits per heavy atom. The van der Waals surface area contributed by atoms with Crippen LogP contribution in [0.25, 0.3) is 0 Å². The molecule has 1 N–H and O–H groups in total. The molecule has 1 nitrogen and oxygen atoms in total. The maximum atomic E-state index is 13.5. The highest BCUT2D eigenvalue weighted by Crippen LogP contribution is 2.17. The van der Waals surface area contributed by atoms with E-state index in [0.29, 0.717) is 17.7 Å². The molecule has 0 amide bonds. The molecule has 0 aliphatic rings. The van der Waals surface area contributed by atoms with Crippen LogP contribution in [-0.2, 0) is 6.54 Å². The van der Waals surface area contributed by atoms with Crippen molar-refractivity contribution in [2.45, 2.75) is 26.4 Å². The van der Waals surface area contributed by atoms with E-state index < -0.39 is 0 Å². The number of nitrogens with one attached hydrogen (secondary N) is 1. The molecule has 2 rings (SSSR count). The Morgan fingerprint density at radius 3 is 2.47 bits per heavy atom. The second kappa shape index (κ2) is 5.93. The third-order valence-corrected chi connectivity index (χ3v) is 3.25. The van der Waals surface area contributed by atoms with Crippen LogP contribution in [0.4, 0.5) is 8.78 Å². The van der Waals surface area contributed by atoms with Crippen molar-refractivity contribution in [1.82, 2.24) is 5.32 Å². The van der Waals surface area contributed by atoms with E-state index >= 15 is 0 Å². The summed E-state index contributed by atoms with van der Waals surface area (Å²) in [6.45, 7) is 4.09. The lowest BCUT2D eigenvalue weighted by atomic mass is 10.1. The minimum absolute atomic E-state index is 0.0327. The summed E-state index contributed by atoms with van der Waals surface area (Å²) in [5.74, 6) is -0.436. The summed E-state index contributed by atoms with van der Waals surface area (Å²) in [5.41, 5.74) is 2.10. The predicted octanol–water partition coefficient (Wildman–Crippen LogP) is 4.12. The second-order valence-electron chi connectivity index (χ2n) is 4.70. The molecule has 0 saturated carbocycles. The van der Waals surface area contributed by atoms with E-state index in [0.717, 1.165) is 5.56 Å². The van der Waals surface area contributed by atoms with Crippen LogP contribution in [0.3, 0.4) is 0 Å². The molecule has 2 aromatic carbocycles. The summed E-state index contributed by atoms with van der Waals surface area (Å²) in [6.07, 6.45) is 0. The van der Waals surface area contributed by atoms with Gasteiger partial charge in [0, 0.05) is 18.2 Å². The molecule has 0 saturated heterocycles. The number of hydrogen-bond donors (Lipinski definition) is 1. The number of benzene rings is 2. The van der Waals surface area contributed by atoms with Crippen LogP contribution in [0, 0.1) is 18.6 Å². The van der Waals surface area contributed by atoms with Crippen LogP contribution < -0.4 is 5.32 Å². The Balaban J connectivity index is 2.03. The summed E-state index contributed by atoms with van der Waals surface area (Å²) in [6, 6.07) is 11.8. The van der Waals surface area contributed by atoms with E-state index in [9.17, 15) is 8.78 Å². The van der Waals surface area contributed by atoms with Crippen LogP contribution >= 0.6 is 0 Å². The van der Waals surface area contributed by atoms with E-state index in [1.807, 2.05) is 13.0 Å². The third-order valence-electron chi connectivity index (χ3n) is 3.25. The van der Waals surface area contributed by atoms with Gasteiger partial charge in [0.25, 0.3) is 0 Å². The number of aryl methyl sites for hydroxylation is 1. The van der Waals surface area contributed by atoms with Crippen LogP contribution in [0.2, 0.25) is 0 Å². The lowest BCUT2D eigenvalue weighted by molar-refractivity contribution is 0.539. The minimum Gasteiger partial charge on any atom is -0.306 e. The van der Waals surface area contributed by atoms with Gasteiger partial charge in [-0.15, -0.1) is 0 Å². The zero-order chi connectivity index (χ0) is 13.8. The molecule has 1 atom stereocenters. The Morgan fingerprint density at radius 2 is 1.79 bits per heavy atom. The largest absolute Gasteiger partial charge is 0.306 e. The van der Waals surface area contributed by atoms with E-state index in [1.54, 1.807) is 31.2 Å². The molecule has 0 bridgehead atoms. The van der Waals surface area contributed by atoms with Crippen molar-refractivity contribution in [1.29, 1.82) is 0 Å². The first-order valence-electron chi connectivity index (χ1n) is 6.31. The second-order valence-corrected chi connectivity index (χ2v) is 4.70. The highest BCUT2D eigenvalue weighted by molar-refractivity contribution is 5.26. The molecular weight excluding hydrogens is 244 g/mol. The molecule has 0 spiro atoms. The summed E-state index contributed by atoms with van der Waals surface area (Å²) >= 11 is 0. The van der Waals surface area contributed by atoms with Crippen LogP contribution in [0.5, 0.6) is 0 Å². The maximum absolute atomic E-state index is 13.5. The average Bonchev–Trinajstić information content (AvgIpc) is 2.40. The van der Waals surface area contributed by atoms with E-state index in [2.05, 4.69) is 5.32 Å². The van der Waals surface area contributed by atoms with E-state index in [4.69, 9.17) is 0 Å². The average molecular weight is 261 g/mol. The normalized spacial score (nSPS) is 12.4. The molecule has 0 aromatic heterocycles. The van der Waals surface area contributed by atoms with Gasteiger partial charge in [-0.05, 0) is 37.1 Å². The van der Waals surface area contributed by atoms with Gasteiger partial charge in [0.05, 0.1) is 0 Å². The van der Waals surface area contributed by atoms with Crippen molar-refractivity contribution in [3.05, 3.63) is 70.8 Å². The molecule has 100 valence electrons.